The van der Waals surface area contributed by atoms with Gasteiger partial charge < -0.3 is 24.7 Å². The Morgan fingerprint density at radius 2 is 1.93 bits per heavy atom. The minimum Gasteiger partial charge on any atom is -0.507 e. The Hall–Kier alpha value is -3.26. The fourth-order valence-electron chi connectivity index (χ4n) is 3.64. The van der Waals surface area contributed by atoms with Gasteiger partial charge in [-0.2, -0.15) is 0 Å². The van der Waals surface area contributed by atoms with Crippen molar-refractivity contribution in [2.24, 2.45) is 5.73 Å². The summed E-state index contributed by atoms with van der Waals surface area (Å²) in [6.07, 6.45) is 0. The van der Waals surface area contributed by atoms with Gasteiger partial charge in [0.2, 0.25) is 5.88 Å². The number of rotatable bonds is 2. The monoisotopic (exact) mass is 457 g/mol. The molecule has 0 spiro atoms. The zero-order chi connectivity index (χ0) is 20.9. The molecule has 1 aliphatic heterocycles. The van der Waals surface area contributed by atoms with E-state index in [-0.39, 0.29) is 28.5 Å². The standard InChI is InChI=1S/C21H16BrNO6/c1-9-7-14(25)29-19-15(9)12(24)8-13-17(19)16(10-3-5-11(22)6-4-10)18(20(23)28-13)21(26)27-2/h3-8,16,24H,23H2,1-2H3. The van der Waals surface area contributed by atoms with Crippen LogP contribution in [0.4, 0.5) is 0 Å². The number of halogens is 1. The lowest BCUT2D eigenvalue weighted by Crippen LogP contribution is -2.27. The van der Waals surface area contributed by atoms with Gasteiger partial charge in [-0.3, -0.25) is 0 Å². The smallest absolute Gasteiger partial charge is 0.340 e. The van der Waals surface area contributed by atoms with E-state index in [2.05, 4.69) is 15.9 Å². The maximum atomic E-state index is 12.6. The van der Waals surface area contributed by atoms with Gasteiger partial charge in [-0.1, -0.05) is 28.1 Å². The number of carbonyl (C=O) groups is 1. The number of aromatic hydroxyl groups is 1. The summed E-state index contributed by atoms with van der Waals surface area (Å²) in [5.41, 5.74) is 7.34. The van der Waals surface area contributed by atoms with Crippen molar-refractivity contribution in [3.8, 4) is 11.5 Å². The molecule has 0 radical (unpaired) electrons. The van der Waals surface area contributed by atoms with Crippen molar-refractivity contribution in [3.63, 3.8) is 0 Å². The molecule has 0 bridgehead atoms. The Bertz CT molecular complexity index is 1240. The summed E-state index contributed by atoms with van der Waals surface area (Å²) in [6.45, 7) is 1.69. The molecule has 148 valence electrons. The summed E-state index contributed by atoms with van der Waals surface area (Å²) in [5.74, 6) is -1.47. The number of benzene rings is 2. The lowest BCUT2D eigenvalue weighted by Gasteiger charge is -2.29. The number of phenols is 1. The molecule has 1 aliphatic rings. The number of nitrogens with two attached hydrogens (primary N) is 1. The first kappa shape index (κ1) is 19.1. The van der Waals surface area contributed by atoms with E-state index in [4.69, 9.17) is 19.6 Å². The number of esters is 1. The molecule has 0 amide bonds. The Balaban J connectivity index is 2.13. The molecule has 4 rings (SSSR count). The van der Waals surface area contributed by atoms with E-state index in [0.717, 1.165) is 4.47 Å². The molecular weight excluding hydrogens is 442 g/mol. The van der Waals surface area contributed by atoms with Gasteiger partial charge in [-0.05, 0) is 30.2 Å². The number of methoxy groups -OCH3 is 1. The third-order valence-electron chi connectivity index (χ3n) is 4.86. The van der Waals surface area contributed by atoms with Crippen LogP contribution in [0.1, 0.15) is 22.6 Å². The lowest BCUT2D eigenvalue weighted by atomic mass is 9.81. The topological polar surface area (TPSA) is 112 Å². The van der Waals surface area contributed by atoms with Crippen LogP contribution in [0.25, 0.3) is 11.0 Å². The van der Waals surface area contributed by atoms with Crippen LogP contribution in [0.15, 0.2) is 61.5 Å². The summed E-state index contributed by atoms with van der Waals surface area (Å²) in [5, 5.41) is 10.9. The van der Waals surface area contributed by atoms with Gasteiger partial charge in [0.1, 0.15) is 22.7 Å². The van der Waals surface area contributed by atoms with Crippen LogP contribution in [0.3, 0.4) is 0 Å². The van der Waals surface area contributed by atoms with Crippen molar-refractivity contribution in [2.75, 3.05) is 7.11 Å². The predicted molar refractivity (Wildman–Crippen MR) is 109 cm³/mol. The van der Waals surface area contributed by atoms with Crippen LogP contribution < -0.4 is 16.1 Å². The number of phenolic OH excluding ortho intramolecular Hbond substituents is 1. The third kappa shape index (κ3) is 3.05. The maximum Gasteiger partial charge on any atom is 0.340 e. The molecule has 8 heteroatoms. The predicted octanol–water partition coefficient (Wildman–Crippen LogP) is 3.44. The van der Waals surface area contributed by atoms with Crippen LogP contribution in [0.2, 0.25) is 0 Å². The molecule has 3 N–H and O–H groups in total. The second-order valence-electron chi connectivity index (χ2n) is 6.62. The number of fused-ring (bicyclic) bond motifs is 3. The third-order valence-corrected chi connectivity index (χ3v) is 5.39. The lowest BCUT2D eigenvalue weighted by molar-refractivity contribution is -0.136. The highest BCUT2D eigenvalue weighted by molar-refractivity contribution is 9.10. The zero-order valence-electron chi connectivity index (χ0n) is 15.5. The summed E-state index contributed by atoms with van der Waals surface area (Å²) in [6, 6.07) is 9.95. The fourth-order valence-corrected chi connectivity index (χ4v) is 3.90. The van der Waals surface area contributed by atoms with Crippen molar-refractivity contribution in [1.29, 1.82) is 0 Å². The van der Waals surface area contributed by atoms with Crippen molar-refractivity contribution < 1.29 is 23.8 Å². The Kier molecular flexibility index (Phi) is 4.58. The molecule has 1 unspecified atom stereocenters. The zero-order valence-corrected chi connectivity index (χ0v) is 17.1. The molecule has 1 atom stereocenters. The molecule has 0 saturated heterocycles. The van der Waals surface area contributed by atoms with E-state index in [1.165, 1.54) is 19.2 Å². The number of hydrogen-bond donors (Lipinski definition) is 2. The highest BCUT2D eigenvalue weighted by Gasteiger charge is 2.38. The average molecular weight is 458 g/mol. The molecule has 7 nitrogen and oxygen atoms in total. The molecule has 3 aromatic rings. The van der Waals surface area contributed by atoms with E-state index in [9.17, 15) is 14.7 Å². The summed E-state index contributed by atoms with van der Waals surface area (Å²) in [4.78, 5) is 24.7. The van der Waals surface area contributed by atoms with Gasteiger partial charge in [-0.15, -0.1) is 0 Å². The molecule has 0 aliphatic carbocycles. The maximum absolute atomic E-state index is 12.6. The highest BCUT2D eigenvalue weighted by atomic mass is 79.9. The second-order valence-corrected chi connectivity index (χ2v) is 7.53. The van der Waals surface area contributed by atoms with Crippen molar-refractivity contribution in [3.05, 3.63) is 79.4 Å². The molecule has 1 aromatic heterocycles. The van der Waals surface area contributed by atoms with Crippen LogP contribution in [0, 0.1) is 6.92 Å². The summed E-state index contributed by atoms with van der Waals surface area (Å²) in [7, 11) is 1.25. The van der Waals surface area contributed by atoms with E-state index in [1.807, 2.05) is 24.3 Å². The molecular formula is C21H16BrNO6. The molecule has 29 heavy (non-hydrogen) atoms. The molecule has 2 aromatic carbocycles. The van der Waals surface area contributed by atoms with E-state index < -0.39 is 17.5 Å². The summed E-state index contributed by atoms with van der Waals surface area (Å²) >= 11 is 3.39. The SMILES string of the molecule is COC(=O)C1=C(N)Oc2cc(O)c3c(C)cc(=O)oc3c2C1c1ccc(Br)cc1. The van der Waals surface area contributed by atoms with Crippen LogP contribution in [0.5, 0.6) is 11.5 Å². The average Bonchev–Trinajstić information content (AvgIpc) is 2.66. The minimum absolute atomic E-state index is 0.0819. The first-order chi connectivity index (χ1) is 13.8. The summed E-state index contributed by atoms with van der Waals surface area (Å²) < 4.78 is 16.9. The Morgan fingerprint density at radius 1 is 1.24 bits per heavy atom. The number of hydrogen-bond acceptors (Lipinski definition) is 7. The number of ether oxygens (including phenoxy) is 2. The van der Waals surface area contributed by atoms with E-state index in [0.29, 0.717) is 22.1 Å². The van der Waals surface area contributed by atoms with Gasteiger partial charge in [0, 0.05) is 16.6 Å². The van der Waals surface area contributed by atoms with Gasteiger partial charge in [0.05, 0.1) is 24.0 Å². The fraction of sp³-hybridized carbons (Fsp3) is 0.143. The quantitative estimate of drug-likeness (QED) is 0.447. The van der Waals surface area contributed by atoms with Gasteiger partial charge in [-0.25, -0.2) is 9.59 Å². The largest absolute Gasteiger partial charge is 0.507 e. The number of aryl methyl sites for hydroxylation is 1. The van der Waals surface area contributed by atoms with Crippen LogP contribution in [-0.4, -0.2) is 18.2 Å². The first-order valence-electron chi connectivity index (χ1n) is 8.63. The van der Waals surface area contributed by atoms with Crippen molar-refractivity contribution in [1.82, 2.24) is 0 Å². The van der Waals surface area contributed by atoms with Gasteiger partial charge in [0.25, 0.3) is 0 Å². The van der Waals surface area contributed by atoms with Gasteiger partial charge in [0.15, 0.2) is 0 Å². The highest BCUT2D eigenvalue weighted by Crippen LogP contribution is 2.48. The first-order valence-corrected chi connectivity index (χ1v) is 9.42. The Morgan fingerprint density at radius 3 is 2.59 bits per heavy atom. The van der Waals surface area contributed by atoms with Crippen molar-refractivity contribution in [2.45, 2.75) is 12.8 Å². The molecule has 0 saturated carbocycles. The van der Waals surface area contributed by atoms with Crippen LogP contribution in [-0.2, 0) is 9.53 Å². The Labute approximate surface area is 173 Å². The van der Waals surface area contributed by atoms with E-state index >= 15 is 0 Å². The van der Waals surface area contributed by atoms with Gasteiger partial charge >= 0.3 is 11.6 Å². The molecule has 0 fully saturated rings. The normalized spacial score (nSPS) is 15.8. The molecule has 2 heterocycles. The van der Waals surface area contributed by atoms with Crippen LogP contribution >= 0.6 is 15.9 Å². The second kappa shape index (κ2) is 6.97. The van der Waals surface area contributed by atoms with E-state index in [1.54, 1.807) is 6.92 Å². The minimum atomic E-state index is -0.729. The number of carbonyl (C=O) groups excluding carboxylic acids is 1. The van der Waals surface area contributed by atoms with Crippen molar-refractivity contribution >= 4 is 32.9 Å².